The van der Waals surface area contributed by atoms with Crippen LogP contribution in [0.15, 0.2) is 174 Å². The fourth-order valence-corrected chi connectivity index (χ4v) is 15.5. The maximum atomic E-state index is 12.1. The van der Waals surface area contributed by atoms with E-state index in [0.717, 1.165) is 72.4 Å². The van der Waals surface area contributed by atoms with Gasteiger partial charge in [0.2, 0.25) is 0 Å². The molecule has 0 bridgehead atoms. The molecule has 41 heteroatoms. The number of aldehydes is 1. The number of rotatable bonds is 28. The van der Waals surface area contributed by atoms with E-state index in [4.69, 9.17) is 30.6 Å². The number of pyridine rings is 6. The molecule has 0 radical (unpaired) electrons. The van der Waals surface area contributed by atoms with Crippen LogP contribution in [0.1, 0.15) is 123 Å². The lowest BCUT2D eigenvalue weighted by Gasteiger charge is -2.57. The first kappa shape index (κ1) is 106. The van der Waals surface area contributed by atoms with Gasteiger partial charge in [0, 0.05) is 181 Å². The fraction of sp³-hybridized carbons (Fsp3) is 0.255. The third-order valence-electron chi connectivity index (χ3n) is 22.7. The molecule has 14 rings (SSSR count). The van der Waals surface area contributed by atoms with E-state index in [1.807, 2.05) is 144 Å². The molecule has 0 aliphatic carbocycles. The van der Waals surface area contributed by atoms with Gasteiger partial charge in [0.15, 0.2) is 39.7 Å². The molecule has 6 aromatic carbocycles. The minimum atomic E-state index is -1.82. The van der Waals surface area contributed by atoms with Crippen LogP contribution in [0.4, 0.5) is 34.1 Å². The number of benzene rings is 6. The van der Waals surface area contributed by atoms with Gasteiger partial charge in [-0.3, -0.25) is 28.8 Å². The van der Waals surface area contributed by atoms with Crippen molar-refractivity contribution in [3.63, 3.8) is 0 Å². The summed E-state index contributed by atoms with van der Waals surface area (Å²) in [6.45, 7) is 12.1. The second kappa shape index (κ2) is 46.3. The average molecular weight is 1910 g/mol. The predicted molar refractivity (Wildman–Crippen MR) is 522 cm³/mol. The van der Waals surface area contributed by atoms with Crippen LogP contribution in [0, 0.1) is 5.41 Å². The number of aliphatic hydroxyl groups excluding tert-OH is 2. The molecule has 1 spiro atoms. The van der Waals surface area contributed by atoms with Crippen molar-refractivity contribution in [2.75, 3.05) is 119 Å². The van der Waals surface area contributed by atoms with E-state index in [0.29, 0.717) is 98.2 Å². The predicted octanol–water partition coefficient (Wildman–Crippen LogP) is 8.57. The number of aromatic nitrogens is 6. The Morgan fingerprint density at radius 2 is 0.633 bits per heavy atom. The SMILES string of the molecule is CCNc1ccc(-c2[nH]c(=O)c(C(=O)O)c(O)c2CC)cc1.CCc1c(-c2ccc(N3CC4(CNC4)C3)cc2)[nH]c(=O)c(C(=O)O)c1O.CCc1c(-c2ccc(NC)cc2)[nH]c(=O)c(C(=O)O)c1O.CN(C)c1ccc(-c2[nH]c(=O)c(C(=O)O)c(O)c2CC(O)O)cc1.CN(C)c1ccc(-c2[nH]c(=O)c(C(=O)O)c(O)c2CC=O)cc1.CN(C)c1ccc(-c2[nH]c(=O)c(C(=O)O)c(O)c2CCO)cc1. The fourth-order valence-electron chi connectivity index (χ4n) is 15.5. The molecule has 6 aromatic heterocycles. The topological polar surface area (TPSA) is 669 Å². The molecule has 2 aliphatic heterocycles. The summed E-state index contributed by atoms with van der Waals surface area (Å²) in [5.74, 6) is -12.4. The number of carbonyl (C=O) groups is 7. The zero-order valence-electron chi connectivity index (χ0n) is 77.3. The van der Waals surface area contributed by atoms with Crippen molar-refractivity contribution in [2.45, 2.75) is 72.5 Å². The number of nitrogens with zero attached hydrogens (tertiary/aromatic N) is 4. The Bertz CT molecular complexity index is 6930. The molecule has 139 heavy (non-hydrogen) atoms. The lowest BCUT2D eigenvalue weighted by Crippen LogP contribution is -2.71. The monoisotopic (exact) mass is 1910 g/mol. The molecule has 2 saturated heterocycles. The maximum absolute atomic E-state index is 12.1. The number of anilines is 6. The molecule has 8 heterocycles. The lowest BCUT2D eigenvalue weighted by atomic mass is 9.74. The number of nitrogens with one attached hydrogen (secondary N) is 9. The van der Waals surface area contributed by atoms with Gasteiger partial charge in [-0.1, -0.05) is 93.6 Å². The molecule has 0 unspecified atom stereocenters. The van der Waals surface area contributed by atoms with Crippen LogP contribution in [0.5, 0.6) is 34.5 Å². The number of aromatic amines is 6. The molecule has 2 aliphatic rings. The number of aromatic hydroxyl groups is 6. The summed E-state index contributed by atoms with van der Waals surface area (Å²) in [4.78, 5) is 172. The Morgan fingerprint density at radius 3 is 0.878 bits per heavy atom. The molecule has 0 atom stereocenters. The van der Waals surface area contributed by atoms with Crippen LogP contribution >= 0.6 is 0 Å². The Hall–Kier alpha value is -17.1. The van der Waals surface area contributed by atoms with E-state index in [1.54, 1.807) is 93.7 Å². The number of H-pyrrole nitrogens is 6. The van der Waals surface area contributed by atoms with Crippen LogP contribution in [-0.2, 0) is 43.3 Å². The van der Waals surface area contributed by atoms with Crippen molar-refractivity contribution in [1.82, 2.24) is 35.2 Å². The average Bonchev–Trinajstić information content (AvgIpc) is 0.744. The van der Waals surface area contributed by atoms with Crippen LogP contribution in [0.25, 0.3) is 67.5 Å². The quantitative estimate of drug-likeness (QED) is 0.0161. The van der Waals surface area contributed by atoms with Gasteiger partial charge in [0.05, 0.1) is 34.2 Å². The summed E-state index contributed by atoms with van der Waals surface area (Å²) >= 11 is 0. The van der Waals surface area contributed by atoms with E-state index in [1.165, 1.54) is 0 Å². The zero-order chi connectivity index (χ0) is 103. The number of aliphatic hydroxyl groups is 3. The Balaban J connectivity index is 0.000000187. The van der Waals surface area contributed by atoms with Gasteiger partial charge < -0.3 is 147 Å². The maximum Gasteiger partial charge on any atom is 0.345 e. The lowest BCUT2D eigenvalue weighted by molar-refractivity contribution is -0.107. The van der Waals surface area contributed by atoms with Crippen molar-refractivity contribution >= 4 is 76.2 Å². The van der Waals surface area contributed by atoms with Gasteiger partial charge in [0.25, 0.3) is 33.4 Å². The third-order valence-corrected chi connectivity index (χ3v) is 22.7. The van der Waals surface area contributed by atoms with Crippen molar-refractivity contribution < 1.29 is 110 Å². The Labute approximate surface area is 791 Å². The molecule has 2 fully saturated rings. The first-order chi connectivity index (χ1) is 65.9. The molecular formula is C98H107N13O28. The van der Waals surface area contributed by atoms with Gasteiger partial charge in [-0.25, -0.2) is 28.8 Å². The third kappa shape index (κ3) is 24.2. The molecule has 0 amide bonds. The van der Waals surface area contributed by atoms with E-state index < -0.39 is 150 Å². The van der Waals surface area contributed by atoms with Crippen molar-refractivity contribution in [2.24, 2.45) is 5.41 Å². The largest absolute Gasteiger partial charge is 0.506 e. The van der Waals surface area contributed by atoms with Gasteiger partial charge in [-0.05, 0) is 132 Å². The highest BCUT2D eigenvalue weighted by molar-refractivity contribution is 5.96. The van der Waals surface area contributed by atoms with Crippen molar-refractivity contribution in [3.8, 4) is 102 Å². The highest BCUT2D eigenvalue weighted by Gasteiger charge is 2.47. The first-order valence-electron chi connectivity index (χ1n) is 43.1. The second-order valence-corrected chi connectivity index (χ2v) is 32.4. The summed E-state index contributed by atoms with van der Waals surface area (Å²) in [5.41, 5.74) is 4.15. The zero-order valence-corrected chi connectivity index (χ0v) is 77.3. The van der Waals surface area contributed by atoms with Crippen LogP contribution < -0.4 is 68.9 Å². The van der Waals surface area contributed by atoms with Crippen LogP contribution in [-0.4, -0.2) is 244 Å². The molecule has 0 saturated carbocycles. The first-order valence-corrected chi connectivity index (χ1v) is 43.1. The molecule has 732 valence electrons. The number of hydrogen-bond donors (Lipinski definition) is 24. The number of carbonyl (C=O) groups excluding carboxylic acids is 1. The van der Waals surface area contributed by atoms with E-state index in [9.17, 15) is 108 Å². The van der Waals surface area contributed by atoms with E-state index in [-0.39, 0.29) is 47.5 Å². The van der Waals surface area contributed by atoms with Gasteiger partial charge in [-0.2, -0.15) is 0 Å². The summed E-state index contributed by atoms with van der Waals surface area (Å²) in [7, 11) is 13.0. The standard InChI is InChI=1S/C19H21N3O4.C16H18N2O6.C16H18N2O5.C16H16N2O5.C16H18N2O4.C15H16N2O4/c1-2-13-15(21-17(24)14(16(13)23)18(25)26)11-3-5-12(6-4-11)22-9-19(10-22)7-20-8-19;1-18(2)9-5-3-8(4-6-9)13-10(7-11(19)20)14(21)12(16(23)24)15(22)17-13;2*1-18(2)10-5-3-9(4-6-10)13-11(7-8-19)14(20)12(16(22)23)15(21)17-13;1-3-11-13(9-5-7-10(8-6-9)17-4-2)18-15(20)12(14(11)19)16(21)22;1-3-10-12(8-4-6-9(16-2)7-5-8)17-14(19)11(13(10)18)15(20)21/h3-6,20H,2,7-10H2,1H3,(H,25,26)(H2,21,23,24);3-6,11,19-20H,7H2,1-2H3,(H,23,24)(H2,17,21,22);3-6,19H,7-8H2,1-2H3,(H,22,23)(H2,17,20,21);3-6,8H,7H2,1-2H3,(H,22,23)(H2,17,20,21);5-8,17H,3-4H2,1-2H3,(H,21,22)(H2,18,19,20);4-7,16H,3H2,1-2H3,(H,20,21)(H2,17,18,19). The highest BCUT2D eigenvalue weighted by Crippen LogP contribution is 2.41. The van der Waals surface area contributed by atoms with Gasteiger partial charge in [0.1, 0.15) is 40.8 Å². The summed E-state index contributed by atoms with van der Waals surface area (Å²) in [5, 5.41) is 152. The van der Waals surface area contributed by atoms with Crippen molar-refractivity contribution in [3.05, 3.63) is 274 Å². The van der Waals surface area contributed by atoms with Gasteiger partial charge >= 0.3 is 35.8 Å². The van der Waals surface area contributed by atoms with E-state index >= 15 is 0 Å². The second-order valence-electron chi connectivity index (χ2n) is 32.4. The van der Waals surface area contributed by atoms with Gasteiger partial charge in [-0.15, -0.1) is 0 Å². The summed E-state index contributed by atoms with van der Waals surface area (Å²) in [6.07, 6.45) is -0.713. The molecule has 41 nitrogen and oxygen atoms in total. The van der Waals surface area contributed by atoms with Crippen LogP contribution in [0.2, 0.25) is 0 Å². The van der Waals surface area contributed by atoms with E-state index in [2.05, 4.69) is 50.8 Å². The normalized spacial score (nSPS) is 11.9. The molecule has 12 aromatic rings. The number of hydrogen-bond acceptors (Lipinski definition) is 29. The minimum absolute atomic E-state index is 0.0215. The summed E-state index contributed by atoms with van der Waals surface area (Å²) in [6, 6.07) is 43.4. The molecule has 24 N–H and O–H groups in total. The highest BCUT2D eigenvalue weighted by atomic mass is 16.5. The summed E-state index contributed by atoms with van der Waals surface area (Å²) < 4.78 is 0. The van der Waals surface area contributed by atoms with Crippen LogP contribution in [0.3, 0.4) is 0 Å². The smallest absolute Gasteiger partial charge is 0.345 e. The Kier molecular flexibility index (Phi) is 35.2. The minimum Gasteiger partial charge on any atom is -0.506 e. The molecular weight excluding hydrogens is 1810 g/mol. The number of carboxylic acids is 6. The Morgan fingerprint density at radius 1 is 0.381 bits per heavy atom. The van der Waals surface area contributed by atoms with Crippen molar-refractivity contribution in [1.29, 1.82) is 0 Å². The number of aromatic carboxylic acids is 6. The number of carboxylic acid groups (broad SMARTS) is 6.